The van der Waals surface area contributed by atoms with Gasteiger partial charge in [0.2, 0.25) is 0 Å². The molecule has 1 aliphatic heterocycles. The molecule has 3 rings (SSSR count). The van der Waals surface area contributed by atoms with Crippen molar-refractivity contribution in [2.24, 2.45) is 7.05 Å². The van der Waals surface area contributed by atoms with Gasteiger partial charge in [0.15, 0.2) is 5.01 Å². The van der Waals surface area contributed by atoms with E-state index < -0.39 is 0 Å². The largest absolute Gasteiger partial charge is 0.326 e. The molecule has 0 atom stereocenters. The smallest absolute Gasteiger partial charge is 0.283 e. The van der Waals surface area contributed by atoms with E-state index in [2.05, 4.69) is 9.97 Å². The van der Waals surface area contributed by atoms with Crippen LogP contribution in [0.15, 0.2) is 10.2 Å². The van der Waals surface area contributed by atoms with Gasteiger partial charge < -0.3 is 4.90 Å². The second-order valence-electron chi connectivity index (χ2n) is 5.84. The third-order valence-corrected chi connectivity index (χ3v) is 4.82. The van der Waals surface area contributed by atoms with Crippen LogP contribution in [0, 0.1) is 6.92 Å². The van der Waals surface area contributed by atoms with Gasteiger partial charge in [-0.15, -0.1) is 11.3 Å². The highest BCUT2D eigenvalue weighted by Gasteiger charge is 2.30. The maximum absolute atomic E-state index is 12.6. The van der Waals surface area contributed by atoms with Crippen LogP contribution in [0.25, 0.3) is 0 Å². The fourth-order valence-electron chi connectivity index (χ4n) is 2.46. The van der Waals surface area contributed by atoms with Gasteiger partial charge in [0.05, 0.1) is 30.0 Å². The summed E-state index contributed by atoms with van der Waals surface area (Å²) in [5.74, 6) is 0.828. The Morgan fingerprint density at radius 3 is 2.68 bits per heavy atom. The highest BCUT2D eigenvalue weighted by Crippen LogP contribution is 2.23. The van der Waals surface area contributed by atoms with Gasteiger partial charge in [-0.2, -0.15) is 0 Å². The molecule has 0 spiro atoms. The summed E-state index contributed by atoms with van der Waals surface area (Å²) in [4.78, 5) is 35.3. The quantitative estimate of drug-likeness (QED) is 0.847. The molecule has 0 saturated heterocycles. The normalized spacial score (nSPS) is 13.8. The minimum absolute atomic E-state index is 0.0696. The van der Waals surface area contributed by atoms with Crippen molar-refractivity contribution >= 4 is 17.2 Å². The van der Waals surface area contributed by atoms with Crippen LogP contribution in [0.2, 0.25) is 0 Å². The highest BCUT2D eigenvalue weighted by molar-refractivity contribution is 7.11. The molecule has 1 amide bonds. The minimum Gasteiger partial charge on any atom is -0.326 e. The predicted molar refractivity (Wildman–Crippen MR) is 84.0 cm³/mol. The van der Waals surface area contributed by atoms with Crippen molar-refractivity contribution in [1.82, 2.24) is 19.4 Å². The molecule has 2 aromatic rings. The molecule has 0 N–H and O–H groups in total. The number of aromatic nitrogens is 3. The van der Waals surface area contributed by atoms with Crippen LogP contribution in [-0.4, -0.2) is 25.3 Å². The topological polar surface area (TPSA) is 68.1 Å². The average molecular weight is 318 g/mol. The molecule has 22 heavy (non-hydrogen) atoms. The Labute approximate surface area is 132 Å². The van der Waals surface area contributed by atoms with Gasteiger partial charge >= 0.3 is 0 Å². The maximum Gasteiger partial charge on any atom is 0.283 e. The van der Waals surface area contributed by atoms with Gasteiger partial charge in [-0.25, -0.2) is 9.97 Å². The van der Waals surface area contributed by atoms with Gasteiger partial charge in [0.1, 0.15) is 5.82 Å². The van der Waals surface area contributed by atoms with Crippen LogP contribution < -0.4 is 5.56 Å². The van der Waals surface area contributed by atoms with Crippen LogP contribution in [0.4, 0.5) is 0 Å². The molecular formula is C15H18N4O2S. The van der Waals surface area contributed by atoms with Crippen molar-refractivity contribution in [2.45, 2.75) is 39.8 Å². The number of fused-ring (bicyclic) bond motifs is 1. The van der Waals surface area contributed by atoms with Gasteiger partial charge in [0.25, 0.3) is 11.5 Å². The molecule has 0 aliphatic carbocycles. The Hall–Kier alpha value is -2.02. The molecule has 0 radical (unpaired) electrons. The van der Waals surface area contributed by atoms with Crippen LogP contribution in [-0.2, 0) is 20.1 Å². The summed E-state index contributed by atoms with van der Waals surface area (Å²) in [6, 6.07) is 0. The summed E-state index contributed by atoms with van der Waals surface area (Å²) in [6.45, 7) is 6.57. The maximum atomic E-state index is 12.6. The predicted octanol–water partition coefficient (Wildman–Crippen LogP) is 1.82. The van der Waals surface area contributed by atoms with Crippen LogP contribution >= 0.6 is 11.3 Å². The molecule has 6 nitrogen and oxygen atoms in total. The number of thiazole rings is 1. The number of nitrogens with zero attached hydrogens (tertiary/aromatic N) is 4. The number of hydrogen-bond acceptors (Lipinski definition) is 5. The Bertz CT molecular complexity index is 806. The molecular weight excluding hydrogens is 300 g/mol. The molecule has 116 valence electrons. The van der Waals surface area contributed by atoms with E-state index in [-0.39, 0.29) is 11.5 Å². The molecule has 3 heterocycles. The summed E-state index contributed by atoms with van der Waals surface area (Å²) in [7, 11) is 1.70. The van der Waals surface area contributed by atoms with Crippen LogP contribution in [0.1, 0.15) is 52.3 Å². The molecule has 0 unspecified atom stereocenters. The first-order valence-electron chi connectivity index (χ1n) is 7.18. The van der Waals surface area contributed by atoms with Crippen LogP contribution in [0.5, 0.6) is 0 Å². The number of carbonyl (C=O) groups excluding carboxylic acids is 1. The first kappa shape index (κ1) is 14.9. The molecule has 1 aliphatic rings. The van der Waals surface area contributed by atoms with Crippen molar-refractivity contribution < 1.29 is 4.79 Å². The minimum atomic E-state index is -0.130. The third-order valence-electron chi connectivity index (χ3n) is 3.97. The first-order chi connectivity index (χ1) is 10.4. The van der Waals surface area contributed by atoms with Crippen molar-refractivity contribution in [1.29, 1.82) is 0 Å². The summed E-state index contributed by atoms with van der Waals surface area (Å²) in [5, 5.41) is 2.40. The fraction of sp³-hybridized carbons (Fsp3) is 0.467. The number of hydrogen-bond donors (Lipinski definition) is 0. The lowest BCUT2D eigenvalue weighted by Crippen LogP contribution is -2.27. The van der Waals surface area contributed by atoms with Crippen molar-refractivity contribution in [3.05, 3.63) is 43.5 Å². The summed E-state index contributed by atoms with van der Waals surface area (Å²) >= 11 is 1.36. The van der Waals surface area contributed by atoms with E-state index in [0.29, 0.717) is 41.1 Å². The Morgan fingerprint density at radius 2 is 2.05 bits per heavy atom. The number of carbonyl (C=O) groups is 1. The summed E-state index contributed by atoms with van der Waals surface area (Å²) in [5.41, 5.74) is 2.17. The number of rotatable bonds is 2. The van der Waals surface area contributed by atoms with E-state index in [1.807, 2.05) is 19.2 Å². The van der Waals surface area contributed by atoms with Gasteiger partial charge in [-0.3, -0.25) is 14.2 Å². The van der Waals surface area contributed by atoms with Crippen LogP contribution in [0.3, 0.4) is 0 Å². The second-order valence-corrected chi connectivity index (χ2v) is 6.70. The van der Waals surface area contributed by atoms with Gasteiger partial charge in [-0.05, 0) is 12.8 Å². The van der Waals surface area contributed by atoms with E-state index >= 15 is 0 Å². The fourth-order valence-corrected chi connectivity index (χ4v) is 3.40. The Morgan fingerprint density at radius 1 is 1.32 bits per heavy atom. The molecule has 0 saturated carbocycles. The number of aryl methyl sites for hydroxylation is 1. The lowest BCUT2D eigenvalue weighted by atomic mass is 10.2. The van der Waals surface area contributed by atoms with E-state index in [1.165, 1.54) is 15.9 Å². The lowest BCUT2D eigenvalue weighted by Gasteiger charge is -2.12. The van der Waals surface area contributed by atoms with Gasteiger partial charge in [-0.1, -0.05) is 13.8 Å². The van der Waals surface area contributed by atoms with Crippen molar-refractivity contribution in [2.75, 3.05) is 0 Å². The van der Waals surface area contributed by atoms with E-state index in [9.17, 15) is 9.59 Å². The average Bonchev–Trinajstić information content (AvgIpc) is 3.11. The molecule has 2 aromatic heterocycles. The van der Waals surface area contributed by atoms with E-state index in [4.69, 9.17) is 0 Å². The van der Waals surface area contributed by atoms with E-state index in [0.717, 1.165) is 5.69 Å². The van der Waals surface area contributed by atoms with E-state index in [1.54, 1.807) is 18.9 Å². The number of amides is 1. The third kappa shape index (κ3) is 2.35. The Balaban J connectivity index is 1.88. The zero-order valence-corrected chi connectivity index (χ0v) is 13.9. The second kappa shape index (κ2) is 5.31. The first-order valence-corrected chi connectivity index (χ1v) is 8.06. The van der Waals surface area contributed by atoms with Crippen molar-refractivity contribution in [3.63, 3.8) is 0 Å². The van der Waals surface area contributed by atoms with Crippen molar-refractivity contribution in [3.8, 4) is 0 Å². The monoisotopic (exact) mass is 318 g/mol. The zero-order chi connectivity index (χ0) is 16.0. The SMILES string of the molecule is Cc1nc2c(c(=O)n1C)CN(C(=O)c1nc(C(C)C)cs1)C2. The zero-order valence-electron chi connectivity index (χ0n) is 13.1. The molecule has 0 fully saturated rings. The Kier molecular flexibility index (Phi) is 3.60. The summed E-state index contributed by atoms with van der Waals surface area (Å²) < 4.78 is 1.52. The lowest BCUT2D eigenvalue weighted by molar-refractivity contribution is 0.0749. The molecule has 0 aromatic carbocycles. The standard InChI is InChI=1S/C15H18N4O2S/c1-8(2)12-7-22-13(17-12)15(21)19-5-10-11(6-19)16-9(3)18(4)14(10)20/h7-8H,5-6H2,1-4H3. The molecule has 0 bridgehead atoms. The summed E-state index contributed by atoms with van der Waals surface area (Å²) in [6.07, 6.45) is 0. The highest BCUT2D eigenvalue weighted by atomic mass is 32.1. The molecule has 7 heteroatoms. The van der Waals surface area contributed by atoms with Gasteiger partial charge in [0, 0.05) is 12.4 Å².